The van der Waals surface area contributed by atoms with E-state index in [2.05, 4.69) is 12.1 Å². The van der Waals surface area contributed by atoms with Gasteiger partial charge in [0.05, 0.1) is 39.2 Å². The zero-order chi connectivity index (χ0) is 12.0. The minimum absolute atomic E-state index is 0.261. The van der Waals surface area contributed by atoms with Crippen LogP contribution in [0.15, 0.2) is 12.1 Å². The van der Waals surface area contributed by atoms with Crippen LogP contribution >= 0.6 is 0 Å². The normalized spacial score (nSPS) is 9.00. The third kappa shape index (κ3) is 2.43. The predicted octanol–water partition coefficient (Wildman–Crippen LogP) is 1.84. The molecule has 16 heavy (non-hydrogen) atoms. The zero-order valence-corrected chi connectivity index (χ0v) is 9.28. The van der Waals surface area contributed by atoms with Crippen LogP contribution < -0.4 is 9.47 Å². The lowest BCUT2D eigenvalue weighted by atomic mass is 10.0. The monoisotopic (exact) mass is 216 g/mol. The van der Waals surface area contributed by atoms with Gasteiger partial charge in [-0.2, -0.15) is 10.5 Å². The number of benzene rings is 1. The van der Waals surface area contributed by atoms with Gasteiger partial charge in [0.1, 0.15) is 0 Å². The lowest BCUT2D eigenvalue weighted by Gasteiger charge is -2.11. The molecule has 0 bridgehead atoms. The first kappa shape index (κ1) is 11.9. The summed E-state index contributed by atoms with van der Waals surface area (Å²) in [6.07, 6.45) is 0.523. The third-order valence-electron chi connectivity index (χ3n) is 2.24. The molecule has 4 nitrogen and oxygen atoms in total. The Bertz CT molecular complexity index is 412. The average Bonchev–Trinajstić information content (AvgIpc) is 2.31. The Kier molecular flexibility index (Phi) is 4.17. The first-order chi connectivity index (χ1) is 7.76. The highest BCUT2D eigenvalue weighted by Gasteiger charge is 2.10. The first-order valence-corrected chi connectivity index (χ1v) is 4.74. The van der Waals surface area contributed by atoms with Crippen molar-refractivity contribution in [2.75, 3.05) is 14.2 Å². The van der Waals surface area contributed by atoms with Crippen molar-refractivity contribution in [2.45, 2.75) is 12.8 Å². The second-order valence-corrected chi connectivity index (χ2v) is 3.15. The van der Waals surface area contributed by atoms with E-state index >= 15 is 0 Å². The van der Waals surface area contributed by atoms with E-state index in [0.29, 0.717) is 11.5 Å². The minimum Gasteiger partial charge on any atom is -0.493 e. The number of hydrogen-bond donors (Lipinski definition) is 0. The Labute approximate surface area is 94.6 Å². The highest BCUT2D eigenvalue weighted by Crippen LogP contribution is 2.30. The standard InChI is InChI=1S/C12H12N2O2/c1-15-11-7-9(3-5-13)10(4-6-14)8-12(11)16-2/h7-8H,3-4H2,1-2H3. The smallest absolute Gasteiger partial charge is 0.161 e. The summed E-state index contributed by atoms with van der Waals surface area (Å²) in [5.41, 5.74) is 1.61. The number of hydrogen-bond acceptors (Lipinski definition) is 4. The van der Waals surface area contributed by atoms with Crippen LogP contribution in [0.1, 0.15) is 11.1 Å². The molecule has 0 aliphatic carbocycles. The summed E-state index contributed by atoms with van der Waals surface area (Å²) in [7, 11) is 3.08. The highest BCUT2D eigenvalue weighted by atomic mass is 16.5. The summed E-state index contributed by atoms with van der Waals surface area (Å²) in [6.45, 7) is 0. The zero-order valence-electron chi connectivity index (χ0n) is 9.28. The number of nitrogens with zero attached hydrogens (tertiary/aromatic N) is 2. The van der Waals surface area contributed by atoms with Crippen LogP contribution in [0.25, 0.3) is 0 Å². The molecule has 0 unspecified atom stereocenters. The Morgan fingerprint density at radius 2 is 1.31 bits per heavy atom. The van der Waals surface area contributed by atoms with Crippen molar-refractivity contribution in [2.24, 2.45) is 0 Å². The van der Waals surface area contributed by atoms with E-state index in [9.17, 15) is 0 Å². The molecule has 0 spiro atoms. The van der Waals surface area contributed by atoms with Crippen LogP contribution in [0, 0.1) is 22.7 Å². The van der Waals surface area contributed by atoms with Gasteiger partial charge in [-0.05, 0) is 23.3 Å². The van der Waals surface area contributed by atoms with Crippen LogP contribution in [0.4, 0.5) is 0 Å². The maximum atomic E-state index is 8.70. The van der Waals surface area contributed by atoms with Crippen LogP contribution in [0.5, 0.6) is 11.5 Å². The summed E-state index contributed by atoms with van der Waals surface area (Å²) in [4.78, 5) is 0. The molecule has 0 aliphatic rings. The van der Waals surface area contributed by atoms with Gasteiger partial charge in [0.15, 0.2) is 11.5 Å². The number of nitriles is 2. The molecule has 1 rings (SSSR count). The third-order valence-corrected chi connectivity index (χ3v) is 2.24. The lowest BCUT2D eigenvalue weighted by molar-refractivity contribution is 0.354. The van der Waals surface area contributed by atoms with Crippen molar-refractivity contribution in [1.29, 1.82) is 10.5 Å². The van der Waals surface area contributed by atoms with Gasteiger partial charge in [-0.25, -0.2) is 0 Å². The summed E-state index contributed by atoms with van der Waals surface area (Å²) in [6, 6.07) is 7.62. The van der Waals surface area contributed by atoms with E-state index in [4.69, 9.17) is 20.0 Å². The Morgan fingerprint density at radius 3 is 1.56 bits per heavy atom. The number of ether oxygens (including phenoxy) is 2. The molecule has 0 N–H and O–H groups in total. The molecule has 1 aromatic carbocycles. The molecular weight excluding hydrogens is 204 g/mol. The number of rotatable bonds is 4. The van der Waals surface area contributed by atoms with Gasteiger partial charge in [-0.1, -0.05) is 0 Å². The van der Waals surface area contributed by atoms with Crippen LogP contribution in [-0.4, -0.2) is 14.2 Å². The van der Waals surface area contributed by atoms with Gasteiger partial charge >= 0.3 is 0 Å². The Balaban J connectivity index is 3.25. The Hall–Kier alpha value is -2.20. The second-order valence-electron chi connectivity index (χ2n) is 3.15. The summed E-state index contributed by atoms with van der Waals surface area (Å²) in [5.74, 6) is 1.16. The van der Waals surface area contributed by atoms with Crippen molar-refractivity contribution in [1.82, 2.24) is 0 Å². The van der Waals surface area contributed by atoms with Crippen molar-refractivity contribution >= 4 is 0 Å². The van der Waals surface area contributed by atoms with E-state index in [0.717, 1.165) is 11.1 Å². The van der Waals surface area contributed by atoms with Crippen molar-refractivity contribution in [3.05, 3.63) is 23.3 Å². The second kappa shape index (κ2) is 5.63. The van der Waals surface area contributed by atoms with Gasteiger partial charge in [-0.15, -0.1) is 0 Å². The first-order valence-electron chi connectivity index (χ1n) is 4.74. The van der Waals surface area contributed by atoms with E-state index in [-0.39, 0.29) is 12.8 Å². The molecule has 0 heterocycles. The van der Waals surface area contributed by atoms with E-state index in [1.807, 2.05) is 0 Å². The fourth-order valence-corrected chi connectivity index (χ4v) is 1.46. The maximum absolute atomic E-state index is 8.70. The van der Waals surface area contributed by atoms with E-state index in [1.165, 1.54) is 14.2 Å². The molecule has 0 aliphatic heterocycles. The van der Waals surface area contributed by atoms with Gasteiger partial charge in [0, 0.05) is 0 Å². The molecule has 82 valence electrons. The van der Waals surface area contributed by atoms with Gasteiger partial charge in [0.2, 0.25) is 0 Å². The lowest BCUT2D eigenvalue weighted by Crippen LogP contribution is -1.97. The van der Waals surface area contributed by atoms with Gasteiger partial charge in [0.25, 0.3) is 0 Å². The largest absolute Gasteiger partial charge is 0.493 e. The molecule has 1 aromatic rings. The van der Waals surface area contributed by atoms with Crippen molar-refractivity contribution in [3.8, 4) is 23.6 Å². The summed E-state index contributed by atoms with van der Waals surface area (Å²) >= 11 is 0. The molecular formula is C12H12N2O2. The van der Waals surface area contributed by atoms with Gasteiger partial charge in [-0.3, -0.25) is 0 Å². The maximum Gasteiger partial charge on any atom is 0.161 e. The molecule has 0 saturated carbocycles. The van der Waals surface area contributed by atoms with Crippen molar-refractivity contribution in [3.63, 3.8) is 0 Å². The Morgan fingerprint density at radius 1 is 0.938 bits per heavy atom. The molecule has 0 saturated heterocycles. The fraction of sp³-hybridized carbons (Fsp3) is 0.333. The topological polar surface area (TPSA) is 66.0 Å². The van der Waals surface area contributed by atoms with Crippen LogP contribution in [0.2, 0.25) is 0 Å². The average molecular weight is 216 g/mol. The van der Waals surface area contributed by atoms with Crippen LogP contribution in [-0.2, 0) is 12.8 Å². The van der Waals surface area contributed by atoms with E-state index < -0.39 is 0 Å². The quantitative estimate of drug-likeness (QED) is 0.770. The molecule has 4 heteroatoms. The predicted molar refractivity (Wildman–Crippen MR) is 58.2 cm³/mol. The van der Waals surface area contributed by atoms with Crippen LogP contribution in [0.3, 0.4) is 0 Å². The fourth-order valence-electron chi connectivity index (χ4n) is 1.46. The molecule has 0 atom stereocenters. The molecule has 0 amide bonds. The van der Waals surface area contributed by atoms with E-state index in [1.54, 1.807) is 12.1 Å². The van der Waals surface area contributed by atoms with Crippen molar-refractivity contribution < 1.29 is 9.47 Å². The molecule has 0 radical (unpaired) electrons. The highest BCUT2D eigenvalue weighted by molar-refractivity contribution is 5.48. The summed E-state index contributed by atoms with van der Waals surface area (Å²) < 4.78 is 10.3. The van der Waals surface area contributed by atoms with Gasteiger partial charge < -0.3 is 9.47 Å². The molecule has 0 fully saturated rings. The SMILES string of the molecule is COc1cc(CC#N)c(CC#N)cc1OC. The summed E-state index contributed by atoms with van der Waals surface area (Å²) in [5, 5.41) is 17.4. The number of methoxy groups -OCH3 is 2. The minimum atomic E-state index is 0.261. The molecule has 0 aromatic heterocycles.